The molecule has 1 aliphatic heterocycles. The number of rotatable bonds is 6. The summed E-state index contributed by atoms with van der Waals surface area (Å²) < 4.78 is 7.04. The number of aromatic nitrogens is 3. The Labute approximate surface area is 157 Å². The molecule has 2 aliphatic rings. The molecule has 0 unspecified atom stereocenters. The van der Waals surface area contributed by atoms with E-state index in [9.17, 15) is 9.59 Å². The molecule has 3 heterocycles. The van der Waals surface area contributed by atoms with Crippen molar-refractivity contribution in [3.63, 3.8) is 0 Å². The normalized spacial score (nSPS) is 17.3. The molecule has 0 bridgehead atoms. The summed E-state index contributed by atoms with van der Waals surface area (Å²) in [5.74, 6) is -0.0866. The minimum absolute atomic E-state index is 0.151. The predicted molar refractivity (Wildman–Crippen MR) is 96.6 cm³/mol. The largest absolute Gasteiger partial charge is 0.384 e. The van der Waals surface area contributed by atoms with E-state index in [4.69, 9.17) is 4.74 Å². The smallest absolute Gasteiger partial charge is 0.272 e. The summed E-state index contributed by atoms with van der Waals surface area (Å²) in [5.41, 5.74) is 1.71. The molecular formula is C19H23N5O3. The number of nitrogens with one attached hydrogen (secondary N) is 1. The first-order valence-corrected chi connectivity index (χ1v) is 9.14. The number of ether oxygens (including phenoxy) is 1. The molecule has 0 atom stereocenters. The van der Waals surface area contributed by atoms with Crippen LogP contribution in [0.2, 0.25) is 0 Å². The highest BCUT2D eigenvalue weighted by molar-refractivity contribution is 5.92. The van der Waals surface area contributed by atoms with Gasteiger partial charge < -0.3 is 15.0 Å². The van der Waals surface area contributed by atoms with Gasteiger partial charge in [0.25, 0.3) is 5.91 Å². The minimum atomic E-state index is -0.334. The molecule has 4 rings (SSSR count). The third kappa shape index (κ3) is 3.57. The van der Waals surface area contributed by atoms with Crippen LogP contribution < -0.4 is 5.32 Å². The summed E-state index contributed by atoms with van der Waals surface area (Å²) in [4.78, 5) is 31.3. The lowest BCUT2D eigenvalue weighted by molar-refractivity contribution is -0.140. The topological polar surface area (TPSA) is 89.4 Å². The summed E-state index contributed by atoms with van der Waals surface area (Å²) >= 11 is 0. The second-order valence-electron chi connectivity index (χ2n) is 7.19. The van der Waals surface area contributed by atoms with E-state index in [-0.39, 0.29) is 17.2 Å². The summed E-state index contributed by atoms with van der Waals surface area (Å²) in [5, 5.41) is 7.23. The fourth-order valence-electron chi connectivity index (χ4n) is 3.50. The zero-order valence-electron chi connectivity index (χ0n) is 15.4. The van der Waals surface area contributed by atoms with Crippen LogP contribution in [0.25, 0.3) is 0 Å². The highest BCUT2D eigenvalue weighted by Gasteiger charge is 2.52. The van der Waals surface area contributed by atoms with Crippen LogP contribution in [0.5, 0.6) is 0 Å². The molecule has 8 nitrogen and oxygen atoms in total. The van der Waals surface area contributed by atoms with E-state index >= 15 is 0 Å². The Hall–Kier alpha value is -2.74. The standard InChI is InChI=1S/C19H23N5O3/c1-27-13-19(5-6-19)18(26)23-8-9-24-15(12-23)10-16(22-24)17(25)21-11-14-4-2-3-7-20-14/h2-4,7,10H,5-6,8-9,11-13H2,1H3,(H,21,25). The van der Waals surface area contributed by atoms with E-state index in [0.717, 1.165) is 24.2 Å². The Kier molecular flexibility index (Phi) is 4.65. The summed E-state index contributed by atoms with van der Waals surface area (Å²) in [7, 11) is 1.63. The third-order valence-corrected chi connectivity index (χ3v) is 5.20. The molecule has 27 heavy (non-hydrogen) atoms. The van der Waals surface area contributed by atoms with Crippen molar-refractivity contribution in [2.24, 2.45) is 5.41 Å². The van der Waals surface area contributed by atoms with Gasteiger partial charge in [0.15, 0.2) is 5.69 Å². The van der Waals surface area contributed by atoms with Gasteiger partial charge in [-0.2, -0.15) is 5.10 Å². The number of hydrogen-bond acceptors (Lipinski definition) is 5. The summed E-state index contributed by atoms with van der Waals surface area (Å²) in [6, 6.07) is 7.34. The fourth-order valence-corrected chi connectivity index (χ4v) is 3.50. The van der Waals surface area contributed by atoms with Gasteiger partial charge in [-0.25, -0.2) is 0 Å². The van der Waals surface area contributed by atoms with Crippen LogP contribution in [0, 0.1) is 5.41 Å². The first kappa shape index (κ1) is 17.7. The molecule has 0 radical (unpaired) electrons. The number of amides is 2. The number of carbonyl (C=O) groups is 2. The highest BCUT2D eigenvalue weighted by atomic mass is 16.5. The number of methoxy groups -OCH3 is 1. The Morgan fingerprint density at radius 2 is 2.15 bits per heavy atom. The quantitative estimate of drug-likeness (QED) is 0.820. The maximum absolute atomic E-state index is 12.8. The van der Waals surface area contributed by atoms with E-state index in [2.05, 4.69) is 15.4 Å². The summed E-state index contributed by atoms with van der Waals surface area (Å²) in [6.07, 6.45) is 3.46. The molecule has 1 N–H and O–H groups in total. The minimum Gasteiger partial charge on any atom is -0.384 e. The van der Waals surface area contributed by atoms with Crippen LogP contribution in [0.1, 0.15) is 34.7 Å². The van der Waals surface area contributed by atoms with Crippen LogP contribution >= 0.6 is 0 Å². The lowest BCUT2D eigenvalue weighted by atomic mass is 10.1. The van der Waals surface area contributed by atoms with Crippen molar-refractivity contribution in [2.75, 3.05) is 20.3 Å². The molecule has 0 aromatic carbocycles. The van der Waals surface area contributed by atoms with Gasteiger partial charge in [0, 0.05) is 19.9 Å². The van der Waals surface area contributed by atoms with Crippen LogP contribution in [-0.4, -0.2) is 51.7 Å². The fraction of sp³-hybridized carbons (Fsp3) is 0.474. The lowest BCUT2D eigenvalue weighted by Gasteiger charge is -2.30. The SMILES string of the molecule is COCC1(C(=O)N2CCn3nc(C(=O)NCc4ccccn4)cc3C2)CC1. The number of pyridine rings is 1. The zero-order chi connectivity index (χ0) is 18.9. The van der Waals surface area contributed by atoms with Gasteiger partial charge in [-0.15, -0.1) is 0 Å². The molecule has 1 aliphatic carbocycles. The van der Waals surface area contributed by atoms with Crippen LogP contribution in [0.15, 0.2) is 30.5 Å². The Morgan fingerprint density at radius 3 is 2.85 bits per heavy atom. The average Bonchev–Trinajstić information content (AvgIpc) is 3.35. The third-order valence-electron chi connectivity index (χ3n) is 5.20. The number of fused-ring (bicyclic) bond motifs is 1. The molecule has 2 aromatic rings. The van der Waals surface area contributed by atoms with Crippen molar-refractivity contribution < 1.29 is 14.3 Å². The molecule has 0 spiro atoms. The predicted octanol–water partition coefficient (Wildman–Crippen LogP) is 0.977. The highest BCUT2D eigenvalue weighted by Crippen LogP contribution is 2.47. The van der Waals surface area contributed by atoms with Gasteiger partial charge in [0.2, 0.25) is 5.91 Å². The molecule has 8 heteroatoms. The van der Waals surface area contributed by atoms with Crippen molar-refractivity contribution in [1.29, 1.82) is 0 Å². The molecule has 1 saturated carbocycles. The van der Waals surface area contributed by atoms with Crippen LogP contribution in [0.4, 0.5) is 0 Å². The number of hydrogen-bond donors (Lipinski definition) is 1. The first-order valence-electron chi connectivity index (χ1n) is 9.14. The molecule has 0 saturated heterocycles. The molecule has 2 amide bonds. The summed E-state index contributed by atoms with van der Waals surface area (Å²) in [6.45, 7) is 2.51. The Bertz CT molecular complexity index is 844. The van der Waals surface area contributed by atoms with Gasteiger partial charge in [-0.1, -0.05) is 6.07 Å². The van der Waals surface area contributed by atoms with Crippen LogP contribution in [0.3, 0.4) is 0 Å². The van der Waals surface area contributed by atoms with Gasteiger partial charge in [0.05, 0.1) is 43.0 Å². The van der Waals surface area contributed by atoms with E-state index in [1.54, 1.807) is 19.4 Å². The maximum atomic E-state index is 12.8. The van der Waals surface area contributed by atoms with Gasteiger partial charge in [-0.05, 0) is 31.0 Å². The number of carbonyl (C=O) groups excluding carboxylic acids is 2. The second kappa shape index (κ2) is 7.11. The van der Waals surface area contributed by atoms with Crippen molar-refractivity contribution >= 4 is 11.8 Å². The lowest BCUT2D eigenvalue weighted by Crippen LogP contribution is -2.43. The van der Waals surface area contributed by atoms with Gasteiger partial charge in [0.1, 0.15) is 0 Å². The van der Waals surface area contributed by atoms with Crippen LogP contribution in [-0.2, 0) is 29.2 Å². The van der Waals surface area contributed by atoms with E-state index in [1.807, 2.05) is 27.8 Å². The molecule has 2 aromatic heterocycles. The molecular weight excluding hydrogens is 346 g/mol. The average molecular weight is 369 g/mol. The van der Waals surface area contributed by atoms with Gasteiger partial charge >= 0.3 is 0 Å². The van der Waals surface area contributed by atoms with Crippen molar-refractivity contribution in [3.05, 3.63) is 47.5 Å². The number of nitrogens with zero attached hydrogens (tertiary/aromatic N) is 4. The first-order chi connectivity index (χ1) is 13.1. The molecule has 1 fully saturated rings. The van der Waals surface area contributed by atoms with Crippen molar-refractivity contribution in [3.8, 4) is 0 Å². The van der Waals surface area contributed by atoms with E-state index < -0.39 is 0 Å². The maximum Gasteiger partial charge on any atom is 0.272 e. The Morgan fingerprint density at radius 1 is 1.30 bits per heavy atom. The van der Waals surface area contributed by atoms with E-state index in [1.165, 1.54) is 0 Å². The van der Waals surface area contributed by atoms with E-state index in [0.29, 0.717) is 38.5 Å². The van der Waals surface area contributed by atoms with Crippen molar-refractivity contribution in [2.45, 2.75) is 32.5 Å². The second-order valence-corrected chi connectivity index (χ2v) is 7.19. The zero-order valence-corrected chi connectivity index (χ0v) is 15.4. The molecule has 142 valence electrons. The van der Waals surface area contributed by atoms with Crippen molar-refractivity contribution in [1.82, 2.24) is 25.0 Å². The van der Waals surface area contributed by atoms with Gasteiger partial charge in [-0.3, -0.25) is 19.3 Å². The Balaban J connectivity index is 1.40. The monoisotopic (exact) mass is 369 g/mol.